The first kappa shape index (κ1) is 14.8. The van der Waals surface area contributed by atoms with Crippen LogP contribution < -0.4 is 10.9 Å². The predicted molar refractivity (Wildman–Crippen MR) is 80.0 cm³/mol. The molecule has 1 unspecified atom stereocenters. The number of rotatable bonds is 4. The van der Waals surface area contributed by atoms with E-state index in [2.05, 4.69) is 15.2 Å². The fourth-order valence-electron chi connectivity index (χ4n) is 3.05. The number of aromatic nitrogens is 1. The van der Waals surface area contributed by atoms with Crippen LogP contribution in [0.25, 0.3) is 0 Å². The van der Waals surface area contributed by atoms with Crippen LogP contribution in [-0.4, -0.2) is 59.3 Å². The van der Waals surface area contributed by atoms with E-state index >= 15 is 0 Å². The van der Waals surface area contributed by atoms with Crippen LogP contribution in [0.1, 0.15) is 12.0 Å². The lowest BCUT2D eigenvalue weighted by atomic mass is 10.1. The molecule has 0 aliphatic carbocycles. The first-order chi connectivity index (χ1) is 10.5. The van der Waals surface area contributed by atoms with Gasteiger partial charge in [-0.2, -0.15) is 0 Å². The summed E-state index contributed by atoms with van der Waals surface area (Å²) in [5, 5.41) is 2.76. The van der Waals surface area contributed by atoms with Crippen molar-refractivity contribution in [3.63, 3.8) is 0 Å². The van der Waals surface area contributed by atoms with E-state index in [1.807, 2.05) is 11.9 Å². The van der Waals surface area contributed by atoms with Crippen molar-refractivity contribution in [1.29, 1.82) is 0 Å². The van der Waals surface area contributed by atoms with Gasteiger partial charge in [-0.3, -0.25) is 14.4 Å². The lowest BCUT2D eigenvalue weighted by molar-refractivity contribution is -0.132. The Hall–Kier alpha value is -2.15. The summed E-state index contributed by atoms with van der Waals surface area (Å²) in [4.78, 5) is 42.3. The smallest absolute Gasteiger partial charge is 0.252 e. The molecule has 0 spiro atoms. The topological polar surface area (TPSA) is 85.5 Å². The van der Waals surface area contributed by atoms with E-state index in [1.54, 1.807) is 18.3 Å². The number of nitrogens with one attached hydrogen (secondary N) is 2. The molecule has 22 heavy (non-hydrogen) atoms. The lowest BCUT2D eigenvalue weighted by Crippen LogP contribution is -2.58. The number of pyridine rings is 1. The van der Waals surface area contributed by atoms with Gasteiger partial charge in [0, 0.05) is 44.4 Å². The SMILES string of the molecule is CN1CC(N2CC(C(=O)NCc3ccc[nH]c3=O)CC2=O)C1. The Balaban J connectivity index is 1.54. The molecule has 0 aromatic carbocycles. The fourth-order valence-corrected chi connectivity index (χ4v) is 3.05. The molecule has 2 saturated heterocycles. The molecule has 7 heteroatoms. The highest BCUT2D eigenvalue weighted by atomic mass is 16.2. The number of hydrogen-bond acceptors (Lipinski definition) is 4. The van der Waals surface area contributed by atoms with Crippen LogP contribution in [-0.2, 0) is 16.1 Å². The molecule has 2 fully saturated rings. The van der Waals surface area contributed by atoms with E-state index in [9.17, 15) is 14.4 Å². The minimum absolute atomic E-state index is 0.0517. The van der Waals surface area contributed by atoms with Crippen LogP contribution >= 0.6 is 0 Å². The number of amides is 2. The standard InChI is InChI=1S/C15H20N4O3/c1-18-8-12(9-18)19-7-11(5-13(19)20)15(22)17-6-10-3-2-4-16-14(10)21/h2-4,11-12H,5-9H2,1H3,(H,16,21)(H,17,22). The average molecular weight is 304 g/mol. The molecule has 0 radical (unpaired) electrons. The summed E-state index contributed by atoms with van der Waals surface area (Å²) in [5.41, 5.74) is 0.307. The van der Waals surface area contributed by atoms with Gasteiger partial charge in [-0.05, 0) is 13.1 Å². The van der Waals surface area contributed by atoms with Gasteiger partial charge in [-0.15, -0.1) is 0 Å². The van der Waals surface area contributed by atoms with Gasteiger partial charge < -0.3 is 20.1 Å². The average Bonchev–Trinajstić information content (AvgIpc) is 2.84. The number of aromatic amines is 1. The fraction of sp³-hybridized carbons (Fsp3) is 0.533. The first-order valence-corrected chi connectivity index (χ1v) is 7.47. The summed E-state index contributed by atoms with van der Waals surface area (Å²) in [6.45, 7) is 2.42. The minimum Gasteiger partial charge on any atom is -0.352 e. The number of hydrogen-bond donors (Lipinski definition) is 2. The van der Waals surface area contributed by atoms with Gasteiger partial charge >= 0.3 is 0 Å². The van der Waals surface area contributed by atoms with Gasteiger partial charge in [-0.25, -0.2) is 0 Å². The van der Waals surface area contributed by atoms with Crippen molar-refractivity contribution in [2.45, 2.75) is 19.0 Å². The third kappa shape index (κ3) is 2.89. The van der Waals surface area contributed by atoms with Gasteiger partial charge in [0.25, 0.3) is 5.56 Å². The molecule has 3 rings (SSSR count). The molecule has 3 heterocycles. The largest absolute Gasteiger partial charge is 0.352 e. The van der Waals surface area contributed by atoms with Gasteiger partial charge in [0.2, 0.25) is 11.8 Å². The molecule has 7 nitrogen and oxygen atoms in total. The predicted octanol–water partition coefficient (Wildman–Crippen LogP) is -0.846. The molecule has 118 valence electrons. The van der Waals surface area contributed by atoms with Gasteiger partial charge in [0.1, 0.15) is 0 Å². The molecule has 2 aliphatic heterocycles. The Morgan fingerprint density at radius 2 is 2.14 bits per heavy atom. The second kappa shape index (κ2) is 5.92. The number of likely N-dealkylation sites (tertiary alicyclic amines) is 2. The summed E-state index contributed by atoms with van der Waals surface area (Å²) < 4.78 is 0. The van der Waals surface area contributed by atoms with E-state index in [0.717, 1.165) is 13.1 Å². The maximum atomic E-state index is 12.2. The van der Waals surface area contributed by atoms with Crippen LogP contribution in [0.4, 0.5) is 0 Å². The molecule has 2 amide bonds. The Morgan fingerprint density at radius 3 is 2.82 bits per heavy atom. The van der Waals surface area contributed by atoms with Gasteiger partial charge in [-0.1, -0.05) is 6.07 Å². The molecule has 1 atom stereocenters. The highest BCUT2D eigenvalue weighted by Gasteiger charge is 2.41. The number of H-pyrrole nitrogens is 1. The highest BCUT2D eigenvalue weighted by molar-refractivity contribution is 5.89. The third-order valence-corrected chi connectivity index (χ3v) is 4.37. The van der Waals surface area contributed by atoms with Crippen molar-refractivity contribution in [3.8, 4) is 0 Å². The summed E-state index contributed by atoms with van der Waals surface area (Å²) in [7, 11) is 2.01. The Morgan fingerprint density at radius 1 is 1.36 bits per heavy atom. The zero-order valence-electron chi connectivity index (χ0n) is 12.5. The van der Waals surface area contributed by atoms with Crippen LogP contribution in [0.5, 0.6) is 0 Å². The quantitative estimate of drug-likeness (QED) is 0.759. The number of likely N-dealkylation sites (N-methyl/N-ethyl adjacent to an activating group) is 1. The van der Waals surface area contributed by atoms with E-state index in [-0.39, 0.29) is 42.3 Å². The molecular formula is C15H20N4O3. The summed E-state index contributed by atoms with van der Waals surface area (Å²) in [6.07, 6.45) is 1.81. The van der Waals surface area contributed by atoms with Crippen LogP contribution in [0.3, 0.4) is 0 Å². The minimum atomic E-state index is -0.318. The lowest BCUT2D eigenvalue weighted by Gasteiger charge is -2.42. The van der Waals surface area contributed by atoms with E-state index in [0.29, 0.717) is 12.1 Å². The first-order valence-electron chi connectivity index (χ1n) is 7.47. The molecule has 2 aliphatic rings. The van der Waals surface area contributed by atoms with Crippen LogP contribution in [0, 0.1) is 5.92 Å². The molecule has 1 aromatic heterocycles. The van der Waals surface area contributed by atoms with E-state index in [1.165, 1.54) is 0 Å². The van der Waals surface area contributed by atoms with Crippen molar-refractivity contribution in [2.75, 3.05) is 26.7 Å². The van der Waals surface area contributed by atoms with Crippen molar-refractivity contribution < 1.29 is 9.59 Å². The van der Waals surface area contributed by atoms with Crippen molar-refractivity contribution in [3.05, 3.63) is 34.2 Å². The second-order valence-electron chi connectivity index (χ2n) is 6.06. The monoisotopic (exact) mass is 304 g/mol. The highest BCUT2D eigenvalue weighted by Crippen LogP contribution is 2.24. The van der Waals surface area contributed by atoms with Crippen molar-refractivity contribution in [1.82, 2.24) is 20.1 Å². The van der Waals surface area contributed by atoms with Gasteiger partial charge in [0.15, 0.2) is 0 Å². The second-order valence-corrected chi connectivity index (χ2v) is 6.06. The maximum Gasteiger partial charge on any atom is 0.252 e. The van der Waals surface area contributed by atoms with Gasteiger partial charge in [0.05, 0.1) is 12.0 Å². The Labute approximate surface area is 128 Å². The number of nitrogens with zero attached hydrogens (tertiary/aromatic N) is 2. The Bertz CT molecular complexity index is 636. The number of carbonyl (C=O) groups excluding carboxylic acids is 2. The third-order valence-electron chi connectivity index (χ3n) is 4.37. The van der Waals surface area contributed by atoms with E-state index in [4.69, 9.17) is 0 Å². The van der Waals surface area contributed by atoms with Crippen LogP contribution in [0.2, 0.25) is 0 Å². The molecule has 2 N–H and O–H groups in total. The Kier molecular flexibility index (Phi) is 3.98. The van der Waals surface area contributed by atoms with Crippen molar-refractivity contribution in [2.24, 2.45) is 5.92 Å². The summed E-state index contributed by atoms with van der Waals surface area (Å²) in [6, 6.07) is 3.64. The molecular weight excluding hydrogens is 284 g/mol. The molecule has 1 aromatic rings. The maximum absolute atomic E-state index is 12.2. The van der Waals surface area contributed by atoms with E-state index < -0.39 is 0 Å². The normalized spacial score (nSPS) is 22.7. The van der Waals surface area contributed by atoms with Crippen LogP contribution in [0.15, 0.2) is 23.1 Å². The van der Waals surface area contributed by atoms with Crippen molar-refractivity contribution >= 4 is 11.8 Å². The number of carbonyl (C=O) groups is 2. The zero-order chi connectivity index (χ0) is 15.7. The summed E-state index contributed by atoms with van der Waals surface area (Å²) >= 11 is 0. The molecule has 0 bridgehead atoms. The summed E-state index contributed by atoms with van der Waals surface area (Å²) in [5.74, 6) is -0.427. The zero-order valence-corrected chi connectivity index (χ0v) is 12.5. The molecule has 0 saturated carbocycles.